The van der Waals surface area contributed by atoms with E-state index in [0.29, 0.717) is 12.1 Å². The first kappa shape index (κ1) is 13.8. The number of rotatable bonds is 3. The molecule has 0 bridgehead atoms. The number of halogens is 1. The number of benzene rings is 2. The van der Waals surface area contributed by atoms with Crippen LogP contribution in [0.1, 0.15) is 21.5 Å². The number of hydrogen-bond donors (Lipinski definition) is 2. The van der Waals surface area contributed by atoms with Crippen LogP contribution in [0.5, 0.6) is 0 Å². The van der Waals surface area contributed by atoms with E-state index < -0.39 is 0 Å². The van der Waals surface area contributed by atoms with E-state index in [9.17, 15) is 4.79 Å². The second kappa shape index (κ2) is 5.99. The molecular weight excluding hydrogens is 304 g/mol. The minimum absolute atomic E-state index is 0.125. The summed E-state index contributed by atoms with van der Waals surface area (Å²) in [5, 5.41) is 2.91. The zero-order valence-electron chi connectivity index (χ0n) is 10.6. The number of para-hydroxylation sites is 1. The van der Waals surface area contributed by atoms with E-state index in [0.717, 1.165) is 21.3 Å². The molecule has 19 heavy (non-hydrogen) atoms. The van der Waals surface area contributed by atoms with Crippen LogP contribution in [-0.4, -0.2) is 5.91 Å². The lowest BCUT2D eigenvalue weighted by molar-refractivity contribution is 0.102. The molecule has 3 nitrogen and oxygen atoms in total. The topological polar surface area (TPSA) is 55.1 Å². The van der Waals surface area contributed by atoms with Gasteiger partial charge < -0.3 is 11.1 Å². The van der Waals surface area contributed by atoms with Crippen molar-refractivity contribution in [2.45, 2.75) is 13.5 Å². The Morgan fingerprint density at radius 1 is 1.21 bits per heavy atom. The average Bonchev–Trinajstić information content (AvgIpc) is 2.42. The lowest BCUT2D eigenvalue weighted by Crippen LogP contribution is -2.15. The van der Waals surface area contributed by atoms with Crippen LogP contribution in [0.2, 0.25) is 0 Å². The Kier molecular flexibility index (Phi) is 4.35. The van der Waals surface area contributed by atoms with Gasteiger partial charge in [0, 0.05) is 22.3 Å². The van der Waals surface area contributed by atoms with E-state index in [2.05, 4.69) is 21.2 Å². The first-order chi connectivity index (χ1) is 9.13. The summed E-state index contributed by atoms with van der Waals surface area (Å²) in [6.07, 6.45) is 0. The fourth-order valence-electron chi connectivity index (χ4n) is 1.86. The van der Waals surface area contributed by atoms with E-state index in [-0.39, 0.29) is 5.91 Å². The number of amides is 1. The maximum Gasteiger partial charge on any atom is 0.255 e. The van der Waals surface area contributed by atoms with Crippen LogP contribution in [-0.2, 0) is 6.54 Å². The van der Waals surface area contributed by atoms with Crippen molar-refractivity contribution in [3.05, 3.63) is 63.6 Å². The van der Waals surface area contributed by atoms with Gasteiger partial charge >= 0.3 is 0 Å². The first-order valence-electron chi connectivity index (χ1n) is 5.98. The summed E-state index contributed by atoms with van der Waals surface area (Å²) in [7, 11) is 0. The second-order valence-electron chi connectivity index (χ2n) is 4.23. The van der Waals surface area contributed by atoms with Gasteiger partial charge in [-0.1, -0.05) is 40.2 Å². The number of carbonyl (C=O) groups is 1. The molecule has 0 spiro atoms. The van der Waals surface area contributed by atoms with E-state index in [1.807, 2.05) is 43.3 Å². The Hall–Kier alpha value is -1.65. The van der Waals surface area contributed by atoms with Crippen LogP contribution in [0, 0.1) is 6.92 Å². The van der Waals surface area contributed by atoms with Crippen molar-refractivity contribution in [3.8, 4) is 0 Å². The van der Waals surface area contributed by atoms with Gasteiger partial charge in [0.1, 0.15) is 0 Å². The Balaban J connectivity index is 2.28. The van der Waals surface area contributed by atoms with Crippen molar-refractivity contribution in [1.82, 2.24) is 0 Å². The third-order valence-electron chi connectivity index (χ3n) is 3.00. The zero-order valence-corrected chi connectivity index (χ0v) is 12.2. The van der Waals surface area contributed by atoms with Gasteiger partial charge in [0.25, 0.3) is 5.91 Å². The van der Waals surface area contributed by atoms with Crippen LogP contribution in [0.15, 0.2) is 46.9 Å². The summed E-state index contributed by atoms with van der Waals surface area (Å²) in [4.78, 5) is 12.3. The lowest BCUT2D eigenvalue weighted by Gasteiger charge is -2.11. The summed E-state index contributed by atoms with van der Waals surface area (Å²) in [5.74, 6) is -0.125. The highest BCUT2D eigenvalue weighted by Gasteiger charge is 2.12. The Bertz CT molecular complexity index is 611. The van der Waals surface area contributed by atoms with Gasteiger partial charge in [0.15, 0.2) is 0 Å². The molecule has 0 aliphatic carbocycles. The molecule has 0 aliphatic rings. The summed E-state index contributed by atoms with van der Waals surface area (Å²) < 4.78 is 0.923. The standard InChI is InChI=1S/C15H15BrN2O/c1-10-12(6-4-7-13(10)16)15(19)18-14-8-3-2-5-11(14)9-17/h2-8H,9,17H2,1H3,(H,18,19). The Labute approximate surface area is 121 Å². The van der Waals surface area contributed by atoms with Crippen LogP contribution in [0.25, 0.3) is 0 Å². The molecule has 0 radical (unpaired) electrons. The van der Waals surface area contributed by atoms with Crippen molar-refractivity contribution in [2.24, 2.45) is 5.73 Å². The Morgan fingerprint density at radius 3 is 2.68 bits per heavy atom. The second-order valence-corrected chi connectivity index (χ2v) is 5.08. The molecule has 4 heteroatoms. The van der Waals surface area contributed by atoms with Gasteiger partial charge in [-0.15, -0.1) is 0 Å². The molecule has 0 atom stereocenters. The molecule has 2 rings (SSSR count). The number of anilines is 1. The monoisotopic (exact) mass is 318 g/mol. The molecule has 0 saturated heterocycles. The smallest absolute Gasteiger partial charge is 0.255 e. The van der Waals surface area contributed by atoms with Crippen LogP contribution < -0.4 is 11.1 Å². The van der Waals surface area contributed by atoms with Crippen molar-refractivity contribution < 1.29 is 4.79 Å². The van der Waals surface area contributed by atoms with Gasteiger partial charge in [0.2, 0.25) is 0 Å². The number of nitrogens with one attached hydrogen (secondary N) is 1. The fraction of sp³-hybridized carbons (Fsp3) is 0.133. The Morgan fingerprint density at radius 2 is 1.95 bits per heavy atom. The average molecular weight is 319 g/mol. The molecule has 0 aromatic heterocycles. The fourth-order valence-corrected chi connectivity index (χ4v) is 2.23. The number of hydrogen-bond acceptors (Lipinski definition) is 2. The predicted octanol–water partition coefficient (Wildman–Crippen LogP) is 3.47. The summed E-state index contributed by atoms with van der Waals surface area (Å²) in [6, 6.07) is 13.1. The van der Waals surface area contributed by atoms with Crippen molar-refractivity contribution in [1.29, 1.82) is 0 Å². The minimum atomic E-state index is -0.125. The van der Waals surface area contributed by atoms with E-state index in [1.165, 1.54) is 0 Å². The maximum atomic E-state index is 12.3. The van der Waals surface area contributed by atoms with Crippen LogP contribution in [0.4, 0.5) is 5.69 Å². The highest BCUT2D eigenvalue weighted by Crippen LogP contribution is 2.21. The summed E-state index contributed by atoms with van der Waals surface area (Å²) >= 11 is 3.43. The molecule has 0 unspecified atom stereocenters. The summed E-state index contributed by atoms with van der Waals surface area (Å²) in [6.45, 7) is 2.31. The quantitative estimate of drug-likeness (QED) is 0.910. The molecule has 0 aliphatic heterocycles. The molecule has 98 valence electrons. The normalized spacial score (nSPS) is 10.3. The van der Waals surface area contributed by atoms with Gasteiger partial charge in [-0.3, -0.25) is 4.79 Å². The van der Waals surface area contributed by atoms with Crippen LogP contribution >= 0.6 is 15.9 Å². The SMILES string of the molecule is Cc1c(Br)cccc1C(=O)Nc1ccccc1CN. The van der Waals surface area contributed by atoms with Gasteiger partial charge in [-0.25, -0.2) is 0 Å². The molecule has 2 aromatic carbocycles. The zero-order chi connectivity index (χ0) is 13.8. The van der Waals surface area contributed by atoms with Crippen molar-refractivity contribution >= 4 is 27.5 Å². The summed E-state index contributed by atoms with van der Waals surface area (Å²) in [5.41, 5.74) is 8.91. The predicted molar refractivity (Wildman–Crippen MR) is 81.2 cm³/mol. The van der Waals surface area contributed by atoms with E-state index in [1.54, 1.807) is 6.07 Å². The van der Waals surface area contributed by atoms with E-state index in [4.69, 9.17) is 5.73 Å². The molecular formula is C15H15BrN2O. The molecule has 3 N–H and O–H groups in total. The molecule has 0 fully saturated rings. The largest absolute Gasteiger partial charge is 0.326 e. The number of nitrogens with two attached hydrogens (primary N) is 1. The van der Waals surface area contributed by atoms with Crippen molar-refractivity contribution in [3.63, 3.8) is 0 Å². The number of carbonyl (C=O) groups excluding carboxylic acids is 1. The van der Waals surface area contributed by atoms with Crippen molar-refractivity contribution in [2.75, 3.05) is 5.32 Å². The lowest BCUT2D eigenvalue weighted by atomic mass is 10.1. The molecule has 1 amide bonds. The van der Waals surface area contributed by atoms with Gasteiger partial charge in [-0.2, -0.15) is 0 Å². The third-order valence-corrected chi connectivity index (χ3v) is 3.86. The third kappa shape index (κ3) is 3.03. The van der Waals surface area contributed by atoms with Crippen LogP contribution in [0.3, 0.4) is 0 Å². The highest BCUT2D eigenvalue weighted by atomic mass is 79.9. The molecule has 0 saturated carbocycles. The molecule has 0 heterocycles. The minimum Gasteiger partial charge on any atom is -0.326 e. The molecule has 2 aromatic rings. The first-order valence-corrected chi connectivity index (χ1v) is 6.77. The van der Waals surface area contributed by atoms with Gasteiger partial charge in [-0.05, 0) is 36.2 Å². The highest BCUT2D eigenvalue weighted by molar-refractivity contribution is 9.10. The van der Waals surface area contributed by atoms with E-state index >= 15 is 0 Å². The maximum absolute atomic E-state index is 12.3. The van der Waals surface area contributed by atoms with Gasteiger partial charge in [0.05, 0.1) is 0 Å².